The van der Waals surface area contributed by atoms with Crippen LogP contribution >= 0.6 is 11.6 Å². The molecule has 136 valence electrons. The zero-order chi connectivity index (χ0) is 18.5. The van der Waals surface area contributed by atoms with Crippen molar-refractivity contribution in [1.82, 2.24) is 24.5 Å². The number of ether oxygens (including phenoxy) is 1. The SMILES string of the molecule is CCn1nccc1CN(C)C(=O)c1ccn(COc2ccccc2Cl)n1. The van der Waals surface area contributed by atoms with Crippen molar-refractivity contribution in [3.63, 3.8) is 0 Å². The highest BCUT2D eigenvalue weighted by Gasteiger charge is 2.16. The fourth-order valence-corrected chi connectivity index (χ4v) is 2.72. The molecule has 3 rings (SSSR count). The Morgan fingerprint density at radius 2 is 2.08 bits per heavy atom. The van der Waals surface area contributed by atoms with Crippen molar-refractivity contribution in [3.05, 3.63) is 65.2 Å². The Bertz CT molecular complexity index is 889. The molecule has 0 spiro atoms. The summed E-state index contributed by atoms with van der Waals surface area (Å²) in [6.45, 7) is 3.41. The molecule has 8 heteroatoms. The van der Waals surface area contributed by atoms with Crippen LogP contribution in [0.1, 0.15) is 23.1 Å². The second-order valence-corrected chi connectivity index (χ2v) is 6.15. The van der Waals surface area contributed by atoms with Crippen molar-refractivity contribution < 1.29 is 9.53 Å². The lowest BCUT2D eigenvalue weighted by atomic mass is 10.3. The number of aromatic nitrogens is 4. The molecule has 0 aliphatic heterocycles. The van der Waals surface area contributed by atoms with Gasteiger partial charge in [-0.3, -0.25) is 9.48 Å². The van der Waals surface area contributed by atoms with Crippen molar-refractivity contribution in [2.45, 2.75) is 26.7 Å². The van der Waals surface area contributed by atoms with E-state index in [9.17, 15) is 4.79 Å². The summed E-state index contributed by atoms with van der Waals surface area (Å²) in [6.07, 6.45) is 3.44. The molecule has 2 heterocycles. The highest BCUT2D eigenvalue weighted by Crippen LogP contribution is 2.23. The molecule has 0 unspecified atom stereocenters. The first-order chi connectivity index (χ1) is 12.6. The summed E-state index contributed by atoms with van der Waals surface area (Å²) in [7, 11) is 1.74. The molecule has 0 saturated carbocycles. The monoisotopic (exact) mass is 373 g/mol. The molecule has 0 saturated heterocycles. The van der Waals surface area contributed by atoms with Gasteiger partial charge in [0.25, 0.3) is 5.91 Å². The third-order valence-electron chi connectivity index (χ3n) is 3.90. The highest BCUT2D eigenvalue weighted by molar-refractivity contribution is 6.32. The van der Waals surface area contributed by atoms with Crippen molar-refractivity contribution in [2.24, 2.45) is 0 Å². The van der Waals surface area contributed by atoms with Gasteiger partial charge in [-0.2, -0.15) is 10.2 Å². The van der Waals surface area contributed by atoms with Crippen LogP contribution in [-0.4, -0.2) is 37.4 Å². The van der Waals surface area contributed by atoms with Crippen molar-refractivity contribution >= 4 is 17.5 Å². The molecule has 26 heavy (non-hydrogen) atoms. The number of carbonyl (C=O) groups is 1. The number of amides is 1. The second-order valence-electron chi connectivity index (χ2n) is 5.74. The number of aryl methyl sites for hydroxylation is 1. The number of carbonyl (C=O) groups excluding carboxylic acids is 1. The Hall–Kier alpha value is -2.80. The number of nitrogens with zero attached hydrogens (tertiary/aromatic N) is 5. The minimum Gasteiger partial charge on any atom is -0.470 e. The van der Waals surface area contributed by atoms with Crippen LogP contribution in [0, 0.1) is 0 Å². The molecule has 2 aromatic heterocycles. The van der Waals surface area contributed by atoms with E-state index in [2.05, 4.69) is 10.2 Å². The lowest BCUT2D eigenvalue weighted by Gasteiger charge is -2.16. The molecule has 0 fully saturated rings. The van der Waals surface area contributed by atoms with Crippen LogP contribution in [0.2, 0.25) is 5.02 Å². The van der Waals surface area contributed by atoms with Gasteiger partial charge >= 0.3 is 0 Å². The van der Waals surface area contributed by atoms with Crippen LogP contribution in [0.15, 0.2) is 48.8 Å². The van der Waals surface area contributed by atoms with E-state index in [4.69, 9.17) is 16.3 Å². The smallest absolute Gasteiger partial charge is 0.274 e. The van der Waals surface area contributed by atoms with E-state index in [1.807, 2.05) is 29.8 Å². The first kappa shape index (κ1) is 18.0. The minimum absolute atomic E-state index is 0.162. The van der Waals surface area contributed by atoms with E-state index in [0.717, 1.165) is 12.2 Å². The Kier molecular flexibility index (Phi) is 5.58. The normalized spacial score (nSPS) is 10.7. The lowest BCUT2D eigenvalue weighted by molar-refractivity contribution is 0.0773. The van der Waals surface area contributed by atoms with Gasteiger partial charge < -0.3 is 9.64 Å². The molecule has 1 amide bonds. The zero-order valence-electron chi connectivity index (χ0n) is 14.7. The summed E-state index contributed by atoms with van der Waals surface area (Å²) in [5, 5.41) is 9.03. The van der Waals surface area contributed by atoms with Crippen molar-refractivity contribution in [2.75, 3.05) is 7.05 Å². The van der Waals surface area contributed by atoms with Crippen molar-refractivity contribution in [3.8, 4) is 5.75 Å². The van der Waals surface area contributed by atoms with E-state index in [1.165, 1.54) is 0 Å². The van der Waals surface area contributed by atoms with Crippen LogP contribution in [0.3, 0.4) is 0 Å². The maximum absolute atomic E-state index is 12.6. The standard InChI is InChI=1S/C18H20ClN5O2/c1-3-24-14(8-10-20-24)12-22(2)18(25)16-9-11-23(21-16)13-26-17-7-5-4-6-15(17)19/h4-11H,3,12-13H2,1-2H3. The summed E-state index contributed by atoms with van der Waals surface area (Å²) in [6, 6.07) is 10.8. The fraction of sp³-hybridized carbons (Fsp3) is 0.278. The molecule has 0 bridgehead atoms. The van der Waals surface area contributed by atoms with Gasteiger partial charge in [-0.1, -0.05) is 23.7 Å². The molecule has 0 N–H and O–H groups in total. The maximum Gasteiger partial charge on any atom is 0.274 e. The predicted octanol–water partition coefficient (Wildman–Crippen LogP) is 3.06. The van der Waals surface area contributed by atoms with E-state index in [0.29, 0.717) is 23.0 Å². The van der Waals surface area contributed by atoms with Crippen LogP contribution in [-0.2, 0) is 19.8 Å². The van der Waals surface area contributed by atoms with Gasteiger partial charge in [-0.25, -0.2) is 4.68 Å². The zero-order valence-corrected chi connectivity index (χ0v) is 15.4. The minimum atomic E-state index is -0.162. The molecule has 1 aromatic carbocycles. The lowest BCUT2D eigenvalue weighted by Crippen LogP contribution is -2.28. The summed E-state index contributed by atoms with van der Waals surface area (Å²) in [4.78, 5) is 14.2. The third kappa shape index (κ3) is 4.05. The number of hydrogen-bond donors (Lipinski definition) is 0. The maximum atomic E-state index is 12.6. The van der Waals surface area contributed by atoms with Crippen molar-refractivity contribution in [1.29, 1.82) is 0 Å². The van der Waals surface area contributed by atoms with Gasteiger partial charge in [0.1, 0.15) is 5.75 Å². The number of rotatable bonds is 7. The molecule has 0 aliphatic carbocycles. The van der Waals surface area contributed by atoms with Gasteiger partial charge in [-0.15, -0.1) is 0 Å². The number of hydrogen-bond acceptors (Lipinski definition) is 4. The van der Waals surface area contributed by atoms with Gasteiger partial charge in [0, 0.05) is 26.0 Å². The Balaban J connectivity index is 1.61. The van der Waals surface area contributed by atoms with E-state index in [-0.39, 0.29) is 12.6 Å². The highest BCUT2D eigenvalue weighted by atomic mass is 35.5. The number of halogens is 1. The molecular weight excluding hydrogens is 354 g/mol. The van der Waals surface area contributed by atoms with E-state index < -0.39 is 0 Å². The van der Waals surface area contributed by atoms with Gasteiger partial charge in [0.05, 0.1) is 17.3 Å². The number of para-hydroxylation sites is 1. The van der Waals surface area contributed by atoms with Gasteiger partial charge in [0.15, 0.2) is 12.4 Å². The molecule has 3 aromatic rings. The van der Waals surface area contributed by atoms with Gasteiger partial charge in [-0.05, 0) is 31.2 Å². The molecule has 0 radical (unpaired) electrons. The first-order valence-corrected chi connectivity index (χ1v) is 8.63. The third-order valence-corrected chi connectivity index (χ3v) is 4.21. The second kappa shape index (κ2) is 8.05. The predicted molar refractivity (Wildman–Crippen MR) is 98.0 cm³/mol. The molecule has 0 aliphatic rings. The van der Waals surface area contributed by atoms with Crippen LogP contribution < -0.4 is 4.74 Å². The first-order valence-electron chi connectivity index (χ1n) is 8.25. The average molecular weight is 374 g/mol. The topological polar surface area (TPSA) is 65.2 Å². The largest absolute Gasteiger partial charge is 0.470 e. The van der Waals surface area contributed by atoms with Crippen LogP contribution in [0.5, 0.6) is 5.75 Å². The van der Waals surface area contributed by atoms with Crippen LogP contribution in [0.4, 0.5) is 0 Å². The van der Waals surface area contributed by atoms with E-state index in [1.54, 1.807) is 47.2 Å². The number of benzene rings is 1. The molecular formula is C18H20ClN5O2. The van der Waals surface area contributed by atoms with Gasteiger partial charge in [0.2, 0.25) is 0 Å². The average Bonchev–Trinajstić information content (AvgIpc) is 3.29. The summed E-state index contributed by atoms with van der Waals surface area (Å²) in [5.41, 5.74) is 1.34. The summed E-state index contributed by atoms with van der Waals surface area (Å²) >= 11 is 6.06. The van der Waals surface area contributed by atoms with Crippen LogP contribution in [0.25, 0.3) is 0 Å². The Morgan fingerprint density at radius 1 is 1.27 bits per heavy atom. The Labute approximate surface area is 156 Å². The Morgan fingerprint density at radius 3 is 2.85 bits per heavy atom. The van der Waals surface area contributed by atoms with E-state index >= 15 is 0 Å². The summed E-state index contributed by atoms with van der Waals surface area (Å²) in [5.74, 6) is 0.410. The molecule has 7 nitrogen and oxygen atoms in total. The fourth-order valence-electron chi connectivity index (χ4n) is 2.53. The molecule has 0 atom stereocenters. The quantitative estimate of drug-likeness (QED) is 0.638. The summed E-state index contributed by atoms with van der Waals surface area (Å²) < 4.78 is 9.04.